The van der Waals surface area contributed by atoms with Gasteiger partial charge in [-0.05, 0) is 28.4 Å². The van der Waals surface area contributed by atoms with E-state index in [-0.39, 0.29) is 10.2 Å². The van der Waals surface area contributed by atoms with Crippen molar-refractivity contribution in [1.82, 2.24) is 0 Å². The second kappa shape index (κ2) is 3.18. The van der Waals surface area contributed by atoms with Crippen molar-refractivity contribution in [2.45, 2.75) is 6.92 Å². The van der Waals surface area contributed by atoms with E-state index in [2.05, 4.69) is 15.9 Å². The molecular formula is C7H5BrFNO2. The van der Waals surface area contributed by atoms with Crippen LogP contribution in [0.3, 0.4) is 0 Å². The molecule has 0 unspecified atom stereocenters. The number of benzene rings is 1. The van der Waals surface area contributed by atoms with E-state index in [1.807, 2.05) is 0 Å². The lowest BCUT2D eigenvalue weighted by molar-refractivity contribution is -0.385. The second-order valence-electron chi connectivity index (χ2n) is 2.32. The van der Waals surface area contributed by atoms with Crippen molar-refractivity contribution in [2.24, 2.45) is 0 Å². The zero-order valence-corrected chi connectivity index (χ0v) is 7.76. The molecule has 0 saturated carbocycles. The molecule has 5 heteroatoms. The maximum atomic E-state index is 12.8. The summed E-state index contributed by atoms with van der Waals surface area (Å²) >= 11 is 2.96. The van der Waals surface area contributed by atoms with E-state index < -0.39 is 10.7 Å². The number of nitrogens with zero attached hydrogens (tertiary/aromatic N) is 1. The summed E-state index contributed by atoms with van der Waals surface area (Å²) in [6, 6.07) is 2.20. The van der Waals surface area contributed by atoms with Gasteiger partial charge in [0, 0.05) is 6.07 Å². The van der Waals surface area contributed by atoms with Crippen LogP contribution in [0.25, 0.3) is 0 Å². The zero-order valence-electron chi connectivity index (χ0n) is 6.17. The van der Waals surface area contributed by atoms with E-state index in [1.54, 1.807) is 6.92 Å². The Kier molecular flexibility index (Phi) is 2.42. The highest BCUT2D eigenvalue weighted by atomic mass is 79.9. The Morgan fingerprint density at radius 1 is 1.58 bits per heavy atom. The van der Waals surface area contributed by atoms with Crippen molar-refractivity contribution >= 4 is 21.6 Å². The lowest BCUT2D eigenvalue weighted by atomic mass is 10.2. The molecule has 0 aromatic heterocycles. The van der Waals surface area contributed by atoms with Gasteiger partial charge in [0.15, 0.2) is 0 Å². The molecule has 0 aliphatic heterocycles. The molecule has 0 spiro atoms. The Balaban J connectivity index is 3.31. The third-order valence-corrected chi connectivity index (χ3v) is 2.41. The van der Waals surface area contributed by atoms with Crippen molar-refractivity contribution < 1.29 is 9.31 Å². The first-order valence-corrected chi connectivity index (χ1v) is 3.91. The van der Waals surface area contributed by atoms with Crippen molar-refractivity contribution in [3.05, 3.63) is 38.1 Å². The maximum absolute atomic E-state index is 12.8. The number of hydrogen-bond donors (Lipinski definition) is 0. The highest BCUT2D eigenvalue weighted by molar-refractivity contribution is 9.10. The summed E-state index contributed by atoms with van der Waals surface area (Å²) in [5.74, 6) is -0.610. The molecule has 0 amide bonds. The molecule has 64 valence electrons. The zero-order chi connectivity index (χ0) is 9.30. The number of halogens is 2. The SMILES string of the molecule is Cc1cc([N+](=O)[O-])cc(F)c1Br. The van der Waals surface area contributed by atoms with Gasteiger partial charge >= 0.3 is 0 Å². The molecule has 0 aliphatic rings. The van der Waals surface area contributed by atoms with Gasteiger partial charge in [0.25, 0.3) is 5.69 Å². The third kappa shape index (κ3) is 1.61. The lowest BCUT2D eigenvalue weighted by Crippen LogP contribution is -1.91. The van der Waals surface area contributed by atoms with Crippen LogP contribution in [0.2, 0.25) is 0 Å². The predicted octanol–water partition coefficient (Wildman–Crippen LogP) is 2.80. The van der Waals surface area contributed by atoms with Gasteiger partial charge < -0.3 is 0 Å². The van der Waals surface area contributed by atoms with E-state index in [0.29, 0.717) is 5.56 Å². The Morgan fingerprint density at radius 3 is 2.58 bits per heavy atom. The second-order valence-corrected chi connectivity index (χ2v) is 3.11. The van der Waals surface area contributed by atoms with Gasteiger partial charge in [-0.1, -0.05) is 0 Å². The molecule has 0 bridgehead atoms. The van der Waals surface area contributed by atoms with Crippen LogP contribution in [0.4, 0.5) is 10.1 Å². The molecule has 0 aliphatic carbocycles. The summed E-state index contributed by atoms with van der Waals surface area (Å²) in [5, 5.41) is 10.2. The Bertz CT molecular complexity index is 317. The van der Waals surface area contributed by atoms with Gasteiger partial charge in [-0.25, -0.2) is 4.39 Å². The molecule has 3 nitrogen and oxygen atoms in total. The van der Waals surface area contributed by atoms with Crippen LogP contribution in [-0.2, 0) is 0 Å². The van der Waals surface area contributed by atoms with Gasteiger partial charge in [-0.2, -0.15) is 0 Å². The first kappa shape index (κ1) is 9.12. The molecule has 1 aromatic carbocycles. The van der Waals surface area contributed by atoms with Crippen LogP contribution in [0.15, 0.2) is 16.6 Å². The smallest absolute Gasteiger partial charge is 0.258 e. The predicted molar refractivity (Wildman–Crippen MR) is 45.5 cm³/mol. The number of non-ortho nitro benzene ring substituents is 1. The van der Waals surface area contributed by atoms with Gasteiger partial charge in [0.05, 0.1) is 15.5 Å². The fourth-order valence-electron chi connectivity index (χ4n) is 0.814. The Labute approximate surface area is 76.5 Å². The summed E-state index contributed by atoms with van der Waals surface area (Å²) in [6.07, 6.45) is 0. The number of nitro groups is 1. The fraction of sp³-hybridized carbons (Fsp3) is 0.143. The molecule has 12 heavy (non-hydrogen) atoms. The van der Waals surface area contributed by atoms with E-state index in [0.717, 1.165) is 6.07 Å². The number of nitro benzene ring substituents is 1. The minimum absolute atomic E-state index is 0.229. The van der Waals surface area contributed by atoms with E-state index >= 15 is 0 Å². The minimum atomic E-state index is -0.622. The molecule has 0 fully saturated rings. The average Bonchev–Trinajstić information content (AvgIpc) is 1.99. The molecule has 1 rings (SSSR count). The summed E-state index contributed by atoms with van der Waals surface area (Å²) in [6.45, 7) is 1.60. The standard InChI is InChI=1S/C7H5BrFNO2/c1-4-2-5(10(11)12)3-6(9)7(4)8/h2-3H,1H3. The summed E-state index contributed by atoms with van der Waals surface area (Å²) in [7, 11) is 0. The fourth-order valence-corrected chi connectivity index (χ4v) is 1.04. The number of rotatable bonds is 1. The largest absolute Gasteiger partial charge is 0.272 e. The number of hydrogen-bond acceptors (Lipinski definition) is 2. The van der Waals surface area contributed by atoms with Crippen LogP contribution < -0.4 is 0 Å². The molecule has 1 aromatic rings. The average molecular weight is 234 g/mol. The highest BCUT2D eigenvalue weighted by Gasteiger charge is 2.11. The monoisotopic (exact) mass is 233 g/mol. The van der Waals surface area contributed by atoms with Gasteiger partial charge in [0.1, 0.15) is 5.82 Å². The van der Waals surface area contributed by atoms with E-state index in [1.165, 1.54) is 6.07 Å². The van der Waals surface area contributed by atoms with Crippen molar-refractivity contribution in [1.29, 1.82) is 0 Å². The quantitative estimate of drug-likeness (QED) is 0.553. The van der Waals surface area contributed by atoms with Crippen molar-refractivity contribution in [3.63, 3.8) is 0 Å². The normalized spacial score (nSPS) is 9.92. The summed E-state index contributed by atoms with van der Waals surface area (Å²) in [4.78, 5) is 9.62. The summed E-state index contributed by atoms with van der Waals surface area (Å²) < 4.78 is 13.1. The molecule has 0 atom stereocenters. The van der Waals surface area contributed by atoms with Crippen LogP contribution >= 0.6 is 15.9 Å². The van der Waals surface area contributed by atoms with E-state index in [4.69, 9.17) is 0 Å². The Morgan fingerprint density at radius 2 is 2.17 bits per heavy atom. The first-order chi connectivity index (χ1) is 5.52. The van der Waals surface area contributed by atoms with Gasteiger partial charge in [-0.15, -0.1) is 0 Å². The van der Waals surface area contributed by atoms with Gasteiger partial charge in [-0.3, -0.25) is 10.1 Å². The molecule has 0 saturated heterocycles. The maximum Gasteiger partial charge on any atom is 0.272 e. The van der Waals surface area contributed by atoms with E-state index in [9.17, 15) is 14.5 Å². The molecule has 0 heterocycles. The number of aryl methyl sites for hydroxylation is 1. The lowest BCUT2D eigenvalue weighted by Gasteiger charge is -1.98. The first-order valence-electron chi connectivity index (χ1n) is 3.12. The van der Waals surface area contributed by atoms with Gasteiger partial charge in [0.2, 0.25) is 0 Å². The van der Waals surface area contributed by atoms with Crippen LogP contribution in [0.1, 0.15) is 5.56 Å². The minimum Gasteiger partial charge on any atom is -0.258 e. The third-order valence-electron chi connectivity index (χ3n) is 1.41. The van der Waals surface area contributed by atoms with Crippen LogP contribution in [0.5, 0.6) is 0 Å². The highest BCUT2D eigenvalue weighted by Crippen LogP contribution is 2.25. The van der Waals surface area contributed by atoms with Crippen LogP contribution in [-0.4, -0.2) is 4.92 Å². The molecule has 0 radical (unpaired) electrons. The molecule has 0 N–H and O–H groups in total. The van der Waals surface area contributed by atoms with Crippen molar-refractivity contribution in [3.8, 4) is 0 Å². The summed E-state index contributed by atoms with van der Waals surface area (Å²) in [5.41, 5.74) is 0.287. The topological polar surface area (TPSA) is 43.1 Å². The van der Waals surface area contributed by atoms with Crippen LogP contribution in [0, 0.1) is 22.9 Å². The molecular weight excluding hydrogens is 229 g/mol. The van der Waals surface area contributed by atoms with Crippen molar-refractivity contribution in [2.75, 3.05) is 0 Å². The Hall–Kier alpha value is -0.970.